The average Bonchev–Trinajstić information content (AvgIpc) is 2.30. The summed E-state index contributed by atoms with van der Waals surface area (Å²) in [7, 11) is 0. The summed E-state index contributed by atoms with van der Waals surface area (Å²) in [6, 6.07) is 5.57. The first-order chi connectivity index (χ1) is 8.13. The lowest BCUT2D eigenvalue weighted by Gasteiger charge is -2.39. The first-order valence-corrected chi connectivity index (χ1v) is 6.37. The van der Waals surface area contributed by atoms with Gasteiger partial charge in [-0.2, -0.15) is 0 Å². The predicted molar refractivity (Wildman–Crippen MR) is 69.5 cm³/mol. The van der Waals surface area contributed by atoms with E-state index in [1.165, 1.54) is 6.07 Å². The van der Waals surface area contributed by atoms with E-state index in [1.807, 2.05) is 6.07 Å². The van der Waals surface area contributed by atoms with Crippen LogP contribution in [0.5, 0.6) is 0 Å². The predicted octanol–water partition coefficient (Wildman–Crippen LogP) is 2.91. The van der Waals surface area contributed by atoms with Crippen LogP contribution in [0.15, 0.2) is 18.2 Å². The molecule has 1 heterocycles. The summed E-state index contributed by atoms with van der Waals surface area (Å²) in [6.07, 6.45) is 2.25. The lowest BCUT2D eigenvalue weighted by atomic mass is 9.92. The Morgan fingerprint density at radius 3 is 2.82 bits per heavy atom. The van der Waals surface area contributed by atoms with Gasteiger partial charge < -0.3 is 10.6 Å². The van der Waals surface area contributed by atoms with Gasteiger partial charge >= 0.3 is 0 Å². The monoisotopic (exact) mass is 236 g/mol. The SMILES string of the molecule is CC1CCN(c2c(F)cccc2CN)C(C)C1. The summed E-state index contributed by atoms with van der Waals surface area (Å²) >= 11 is 0. The molecule has 1 aromatic carbocycles. The Balaban J connectivity index is 2.33. The van der Waals surface area contributed by atoms with Crippen molar-refractivity contribution in [2.45, 2.75) is 39.3 Å². The third-order valence-electron chi connectivity index (χ3n) is 3.72. The number of halogens is 1. The Hall–Kier alpha value is -1.09. The summed E-state index contributed by atoms with van der Waals surface area (Å²) in [6.45, 7) is 5.75. The van der Waals surface area contributed by atoms with Crippen molar-refractivity contribution in [1.29, 1.82) is 0 Å². The van der Waals surface area contributed by atoms with Gasteiger partial charge in [0.1, 0.15) is 5.82 Å². The largest absolute Gasteiger partial charge is 0.366 e. The molecular formula is C14H21FN2. The van der Waals surface area contributed by atoms with Crippen LogP contribution in [0.4, 0.5) is 10.1 Å². The zero-order valence-electron chi connectivity index (χ0n) is 10.6. The molecule has 2 N–H and O–H groups in total. The van der Waals surface area contributed by atoms with Gasteiger partial charge in [-0.05, 0) is 37.3 Å². The zero-order valence-corrected chi connectivity index (χ0v) is 10.6. The van der Waals surface area contributed by atoms with Gasteiger partial charge in [0.25, 0.3) is 0 Å². The molecule has 2 nitrogen and oxygen atoms in total. The van der Waals surface area contributed by atoms with E-state index >= 15 is 0 Å². The lowest BCUT2D eigenvalue weighted by molar-refractivity contribution is 0.374. The van der Waals surface area contributed by atoms with E-state index in [9.17, 15) is 4.39 Å². The highest BCUT2D eigenvalue weighted by Gasteiger charge is 2.26. The number of nitrogens with zero attached hydrogens (tertiary/aromatic N) is 1. The molecule has 1 aromatic rings. The van der Waals surface area contributed by atoms with Crippen LogP contribution >= 0.6 is 0 Å². The number of anilines is 1. The fraction of sp³-hybridized carbons (Fsp3) is 0.571. The second kappa shape index (κ2) is 5.05. The highest BCUT2D eigenvalue weighted by atomic mass is 19.1. The van der Waals surface area contributed by atoms with Crippen LogP contribution in [0.1, 0.15) is 32.3 Å². The standard InChI is InChI=1S/C14H21FN2/c1-10-6-7-17(11(2)8-10)14-12(9-16)4-3-5-13(14)15/h3-5,10-11H,6-9,16H2,1-2H3. The second-order valence-electron chi connectivity index (χ2n) is 5.12. The van der Waals surface area contributed by atoms with Crippen LogP contribution in [0.25, 0.3) is 0 Å². The van der Waals surface area contributed by atoms with E-state index in [4.69, 9.17) is 5.73 Å². The van der Waals surface area contributed by atoms with Crippen LogP contribution in [0.2, 0.25) is 0 Å². The van der Waals surface area contributed by atoms with E-state index in [0.29, 0.717) is 12.6 Å². The maximum atomic E-state index is 14.0. The van der Waals surface area contributed by atoms with E-state index in [0.717, 1.165) is 36.6 Å². The molecule has 1 aliphatic heterocycles. The van der Waals surface area contributed by atoms with Crippen molar-refractivity contribution in [2.24, 2.45) is 11.7 Å². The van der Waals surface area contributed by atoms with Gasteiger partial charge in [0.05, 0.1) is 5.69 Å². The molecule has 17 heavy (non-hydrogen) atoms. The van der Waals surface area contributed by atoms with Crippen molar-refractivity contribution in [1.82, 2.24) is 0 Å². The summed E-state index contributed by atoms with van der Waals surface area (Å²) in [5.74, 6) is 0.587. The Morgan fingerprint density at radius 2 is 2.18 bits per heavy atom. The lowest BCUT2D eigenvalue weighted by Crippen LogP contribution is -2.41. The van der Waals surface area contributed by atoms with Gasteiger partial charge in [0, 0.05) is 19.1 Å². The van der Waals surface area contributed by atoms with E-state index in [2.05, 4.69) is 18.7 Å². The molecule has 1 fully saturated rings. The summed E-state index contributed by atoms with van der Waals surface area (Å²) in [4.78, 5) is 2.18. The number of nitrogens with two attached hydrogens (primary N) is 1. The number of rotatable bonds is 2. The van der Waals surface area contributed by atoms with E-state index < -0.39 is 0 Å². The maximum absolute atomic E-state index is 14.0. The molecule has 1 saturated heterocycles. The Labute approximate surface area is 103 Å². The van der Waals surface area contributed by atoms with Gasteiger partial charge in [-0.15, -0.1) is 0 Å². The average molecular weight is 236 g/mol. The van der Waals surface area contributed by atoms with Gasteiger partial charge in [-0.1, -0.05) is 19.1 Å². The molecule has 94 valence electrons. The first kappa shape index (κ1) is 12.4. The smallest absolute Gasteiger partial charge is 0.146 e. The van der Waals surface area contributed by atoms with Gasteiger partial charge in [-0.3, -0.25) is 0 Å². The van der Waals surface area contributed by atoms with Crippen LogP contribution in [-0.2, 0) is 6.54 Å². The number of hydrogen-bond acceptors (Lipinski definition) is 2. The van der Waals surface area contributed by atoms with Gasteiger partial charge in [-0.25, -0.2) is 4.39 Å². The van der Waals surface area contributed by atoms with Crippen molar-refractivity contribution >= 4 is 5.69 Å². The summed E-state index contributed by atoms with van der Waals surface area (Å²) < 4.78 is 14.0. The Morgan fingerprint density at radius 1 is 1.41 bits per heavy atom. The highest BCUT2D eigenvalue weighted by Crippen LogP contribution is 2.32. The van der Waals surface area contributed by atoms with Crippen LogP contribution in [0, 0.1) is 11.7 Å². The zero-order chi connectivity index (χ0) is 12.4. The topological polar surface area (TPSA) is 29.3 Å². The minimum Gasteiger partial charge on any atom is -0.366 e. The van der Waals surface area contributed by atoms with Crippen LogP contribution < -0.4 is 10.6 Å². The molecule has 0 amide bonds. The van der Waals surface area contributed by atoms with Crippen molar-refractivity contribution in [3.8, 4) is 0 Å². The van der Waals surface area contributed by atoms with Gasteiger partial charge in [0.15, 0.2) is 0 Å². The quantitative estimate of drug-likeness (QED) is 0.855. The molecule has 0 aromatic heterocycles. The molecule has 3 heteroatoms. The number of hydrogen-bond donors (Lipinski definition) is 1. The first-order valence-electron chi connectivity index (χ1n) is 6.37. The van der Waals surface area contributed by atoms with Crippen LogP contribution in [-0.4, -0.2) is 12.6 Å². The summed E-state index contributed by atoms with van der Waals surface area (Å²) in [5, 5.41) is 0. The third-order valence-corrected chi connectivity index (χ3v) is 3.72. The van der Waals surface area contributed by atoms with E-state index in [-0.39, 0.29) is 5.82 Å². The van der Waals surface area contributed by atoms with Crippen LogP contribution in [0.3, 0.4) is 0 Å². The van der Waals surface area contributed by atoms with Crippen molar-refractivity contribution in [3.63, 3.8) is 0 Å². The molecule has 1 aliphatic rings. The second-order valence-corrected chi connectivity index (χ2v) is 5.12. The Bertz CT molecular complexity index is 392. The molecule has 2 rings (SSSR count). The van der Waals surface area contributed by atoms with E-state index in [1.54, 1.807) is 6.07 Å². The number of para-hydroxylation sites is 1. The number of benzene rings is 1. The van der Waals surface area contributed by atoms with Gasteiger partial charge in [0.2, 0.25) is 0 Å². The summed E-state index contributed by atoms with van der Waals surface area (Å²) in [5.41, 5.74) is 7.33. The minimum atomic E-state index is -0.144. The molecule has 0 saturated carbocycles. The maximum Gasteiger partial charge on any atom is 0.146 e. The molecule has 0 spiro atoms. The molecule has 0 aliphatic carbocycles. The third kappa shape index (κ3) is 2.44. The molecule has 2 atom stereocenters. The fourth-order valence-electron chi connectivity index (χ4n) is 2.79. The van der Waals surface area contributed by atoms with Crippen molar-refractivity contribution in [2.75, 3.05) is 11.4 Å². The molecule has 2 unspecified atom stereocenters. The molecule has 0 radical (unpaired) electrons. The highest BCUT2D eigenvalue weighted by molar-refractivity contribution is 5.56. The normalized spacial score (nSPS) is 25.1. The minimum absolute atomic E-state index is 0.144. The fourth-order valence-corrected chi connectivity index (χ4v) is 2.79. The molecular weight excluding hydrogens is 215 g/mol. The Kier molecular flexibility index (Phi) is 3.67. The molecule has 0 bridgehead atoms. The van der Waals surface area contributed by atoms with Crippen molar-refractivity contribution < 1.29 is 4.39 Å². The van der Waals surface area contributed by atoms with Crippen molar-refractivity contribution in [3.05, 3.63) is 29.6 Å². The number of piperidine rings is 1.